The number of carbonyl (C=O) groups is 2. The number of anilines is 3. The summed E-state index contributed by atoms with van der Waals surface area (Å²) in [5, 5.41) is 6.40. The van der Waals surface area contributed by atoms with Crippen molar-refractivity contribution in [2.24, 2.45) is 0 Å². The Morgan fingerprint density at radius 2 is 0.893 bits per heavy atom. The Bertz CT molecular complexity index is 3050. The Morgan fingerprint density at radius 3 is 1.48 bits per heavy atom. The third-order valence-corrected chi connectivity index (χ3v) is 10.5. The van der Waals surface area contributed by atoms with Gasteiger partial charge in [0.1, 0.15) is 0 Å². The molecule has 8 aromatic rings. The summed E-state index contributed by atoms with van der Waals surface area (Å²) < 4.78 is 0. The fourth-order valence-corrected chi connectivity index (χ4v) is 7.96. The first-order valence-corrected chi connectivity index (χ1v) is 18.5. The number of para-hydroxylation sites is 3. The number of aromatic amines is 3. The number of rotatable bonds is 1. The number of nitrogen functional groups attached to an aromatic ring is 1. The fourth-order valence-electron chi connectivity index (χ4n) is 7.96. The molecule has 0 fully saturated rings. The number of carbonyl (C=O) groups excluding carboxylic acids is 2. The van der Waals surface area contributed by atoms with Crippen molar-refractivity contribution in [1.82, 2.24) is 19.9 Å². The van der Waals surface area contributed by atoms with Crippen LogP contribution in [0.4, 0.5) is 17.1 Å². The molecule has 2 aliphatic rings. The lowest BCUT2D eigenvalue weighted by Gasteiger charge is -2.14. The van der Waals surface area contributed by atoms with Crippen LogP contribution in [0, 0.1) is 0 Å². The van der Waals surface area contributed by atoms with Crippen molar-refractivity contribution >= 4 is 74.1 Å². The zero-order valence-corrected chi connectivity index (χ0v) is 30.1. The normalized spacial score (nSPS) is 13.2. The standard InChI is InChI=1S/C47H35N7O2/c48-32-13-4-1-10-29(32)45-37-18-16-35(49-37)36-17-19-39(50-36)46-30-11-2-5-14-33(30)53-43(55)25-27-8-7-9-28(24-27)26-44(56)54-34-15-6-3-12-31(34)47(41-21-20-38(45)51-41)42-23-22-40(46)52-42/h1-24,49,51-52H,25-26,48H2,(H,53,55)(H,54,56). The predicted molar refractivity (Wildman–Crippen MR) is 227 cm³/mol. The molecule has 0 unspecified atom stereocenters. The maximum Gasteiger partial charge on any atom is 0.228 e. The van der Waals surface area contributed by atoms with Gasteiger partial charge in [-0.25, -0.2) is 4.98 Å². The highest BCUT2D eigenvalue weighted by Crippen LogP contribution is 2.40. The van der Waals surface area contributed by atoms with Gasteiger partial charge in [0, 0.05) is 78.0 Å². The molecule has 2 aliphatic heterocycles. The number of nitrogens with zero attached hydrogens (tertiary/aromatic N) is 1. The molecule has 10 rings (SSSR count). The Kier molecular flexibility index (Phi) is 7.85. The average Bonchev–Trinajstić information content (AvgIpc) is 4.03. The van der Waals surface area contributed by atoms with E-state index in [0.717, 1.165) is 89.0 Å². The minimum Gasteiger partial charge on any atom is -0.398 e. The molecule has 0 saturated carbocycles. The maximum atomic E-state index is 13.8. The Hall–Kier alpha value is -7.65. The highest BCUT2D eigenvalue weighted by atomic mass is 16.2. The van der Waals surface area contributed by atoms with E-state index < -0.39 is 0 Å². The van der Waals surface area contributed by atoms with Crippen molar-refractivity contribution in [3.63, 3.8) is 0 Å². The lowest BCUT2D eigenvalue weighted by Crippen LogP contribution is -2.17. The van der Waals surface area contributed by atoms with E-state index in [1.165, 1.54) is 0 Å². The first-order chi connectivity index (χ1) is 27.4. The number of H-pyrrole nitrogens is 3. The van der Waals surface area contributed by atoms with E-state index in [9.17, 15) is 9.59 Å². The number of nitrogens with two attached hydrogens (primary N) is 1. The van der Waals surface area contributed by atoms with Crippen LogP contribution < -0.4 is 16.4 Å². The molecule has 56 heavy (non-hydrogen) atoms. The molecule has 0 radical (unpaired) electrons. The quantitative estimate of drug-likeness (QED) is 0.0935. The van der Waals surface area contributed by atoms with Crippen molar-refractivity contribution in [1.29, 1.82) is 0 Å². The van der Waals surface area contributed by atoms with E-state index in [0.29, 0.717) is 17.1 Å². The zero-order valence-electron chi connectivity index (χ0n) is 30.1. The molecule has 12 bridgehead atoms. The second-order valence-electron chi connectivity index (χ2n) is 14.1. The molecule has 2 amide bonds. The van der Waals surface area contributed by atoms with Crippen molar-refractivity contribution in [2.75, 3.05) is 16.4 Å². The summed E-state index contributed by atoms with van der Waals surface area (Å²) in [5.41, 5.74) is 21.9. The Labute approximate surface area is 321 Å². The molecule has 4 aromatic carbocycles. The summed E-state index contributed by atoms with van der Waals surface area (Å²) in [4.78, 5) is 43.8. The highest BCUT2D eigenvalue weighted by molar-refractivity contribution is 6.06. The number of hydrogen-bond acceptors (Lipinski definition) is 4. The monoisotopic (exact) mass is 729 g/mol. The van der Waals surface area contributed by atoms with Crippen LogP contribution in [0.5, 0.6) is 0 Å². The third kappa shape index (κ3) is 5.88. The Morgan fingerprint density at radius 1 is 0.446 bits per heavy atom. The molecule has 4 aromatic heterocycles. The van der Waals surface area contributed by atoms with Gasteiger partial charge in [-0.05, 0) is 77.9 Å². The van der Waals surface area contributed by atoms with Gasteiger partial charge in [-0.2, -0.15) is 0 Å². The summed E-state index contributed by atoms with van der Waals surface area (Å²) in [5.74, 6) is -0.337. The van der Waals surface area contributed by atoms with Gasteiger partial charge in [-0.3, -0.25) is 9.59 Å². The van der Waals surface area contributed by atoms with Crippen LogP contribution >= 0.6 is 0 Å². The van der Waals surface area contributed by atoms with E-state index in [2.05, 4.69) is 49.9 Å². The van der Waals surface area contributed by atoms with Gasteiger partial charge in [0.15, 0.2) is 0 Å². The predicted octanol–water partition coefficient (Wildman–Crippen LogP) is 9.95. The number of hydrogen-bond donors (Lipinski definition) is 6. The van der Waals surface area contributed by atoms with Crippen LogP contribution in [0.3, 0.4) is 0 Å². The topological polar surface area (TPSA) is 144 Å². The van der Waals surface area contributed by atoms with Gasteiger partial charge in [0.25, 0.3) is 0 Å². The minimum absolute atomic E-state index is 0.142. The van der Waals surface area contributed by atoms with Gasteiger partial charge < -0.3 is 31.3 Å². The number of amides is 2. The summed E-state index contributed by atoms with van der Waals surface area (Å²) >= 11 is 0. The molecule has 7 N–H and O–H groups in total. The van der Waals surface area contributed by atoms with Gasteiger partial charge in [0.05, 0.1) is 29.7 Å². The van der Waals surface area contributed by atoms with Crippen LogP contribution in [0.1, 0.15) is 22.5 Å². The molecule has 0 atom stereocenters. The fraction of sp³-hybridized carbons (Fsp3) is 0.0426. The number of nitrogens with one attached hydrogen (secondary N) is 5. The second-order valence-corrected chi connectivity index (χ2v) is 14.1. The van der Waals surface area contributed by atoms with Crippen LogP contribution in [-0.4, -0.2) is 31.8 Å². The number of fused-ring (bicyclic) bond motifs is 15. The van der Waals surface area contributed by atoms with E-state index in [1.807, 2.05) is 121 Å². The zero-order chi connectivity index (χ0) is 37.8. The minimum atomic E-state index is -0.169. The van der Waals surface area contributed by atoms with Gasteiger partial charge in [0.2, 0.25) is 11.8 Å². The largest absolute Gasteiger partial charge is 0.398 e. The van der Waals surface area contributed by atoms with Crippen LogP contribution in [0.2, 0.25) is 0 Å². The molecule has 6 heterocycles. The van der Waals surface area contributed by atoms with Crippen LogP contribution in [0.25, 0.3) is 78.6 Å². The summed E-state index contributed by atoms with van der Waals surface area (Å²) in [6.45, 7) is 0. The molecular weight excluding hydrogens is 695 g/mol. The smallest absolute Gasteiger partial charge is 0.228 e. The van der Waals surface area contributed by atoms with E-state index >= 15 is 0 Å². The van der Waals surface area contributed by atoms with E-state index in [-0.39, 0.29) is 24.7 Å². The average molecular weight is 730 g/mol. The maximum absolute atomic E-state index is 13.8. The van der Waals surface area contributed by atoms with Crippen molar-refractivity contribution in [2.45, 2.75) is 12.8 Å². The first kappa shape index (κ1) is 33.0. The lowest BCUT2D eigenvalue weighted by atomic mass is 10.0. The van der Waals surface area contributed by atoms with Crippen molar-refractivity contribution in [3.8, 4) is 33.4 Å². The molecule has 0 saturated heterocycles. The summed E-state index contributed by atoms with van der Waals surface area (Å²) in [6.07, 6.45) is 4.31. The van der Waals surface area contributed by atoms with Gasteiger partial charge in [-0.1, -0.05) is 78.9 Å². The SMILES string of the molecule is Nc1ccccc1-c1c2ccc([nH]2)c2nc(c3c4ccc([nH]4)c(c4ccc1[nH]4)-c1ccccc1NC(=O)Cc1cccc(c1)CC(=O)Nc1ccccc1-3)C=C2. The molecule has 9 nitrogen and oxygen atoms in total. The van der Waals surface area contributed by atoms with Crippen molar-refractivity contribution in [3.05, 3.63) is 156 Å². The molecule has 0 spiro atoms. The van der Waals surface area contributed by atoms with Gasteiger partial charge >= 0.3 is 0 Å². The van der Waals surface area contributed by atoms with Crippen LogP contribution in [-0.2, 0) is 22.4 Å². The summed E-state index contributed by atoms with van der Waals surface area (Å²) in [7, 11) is 0. The molecule has 270 valence electrons. The third-order valence-electron chi connectivity index (χ3n) is 10.5. The molecular formula is C47H35N7O2. The van der Waals surface area contributed by atoms with E-state index in [1.54, 1.807) is 0 Å². The number of benzene rings is 4. The molecule has 9 heteroatoms. The highest BCUT2D eigenvalue weighted by Gasteiger charge is 2.20. The van der Waals surface area contributed by atoms with Gasteiger partial charge in [-0.15, -0.1) is 0 Å². The molecule has 0 aliphatic carbocycles. The lowest BCUT2D eigenvalue weighted by molar-refractivity contribution is -0.116. The number of aromatic nitrogens is 4. The van der Waals surface area contributed by atoms with Crippen LogP contribution in [0.15, 0.2) is 133 Å². The second kappa shape index (κ2) is 13.3. The first-order valence-electron chi connectivity index (χ1n) is 18.5. The summed E-state index contributed by atoms with van der Waals surface area (Å²) in [6, 6.07) is 43.5. The van der Waals surface area contributed by atoms with E-state index in [4.69, 9.17) is 10.7 Å². The Balaban J connectivity index is 1.35. The van der Waals surface area contributed by atoms with Crippen molar-refractivity contribution < 1.29 is 9.59 Å².